The van der Waals surface area contributed by atoms with E-state index < -0.39 is 10.0 Å². The molecule has 0 aliphatic heterocycles. The zero-order chi connectivity index (χ0) is 14.8. The second kappa shape index (κ2) is 6.01. The van der Waals surface area contributed by atoms with Crippen LogP contribution < -0.4 is 10.5 Å². The van der Waals surface area contributed by atoms with Gasteiger partial charge in [-0.25, -0.2) is 13.1 Å². The normalized spacial score (nSPS) is 23.6. The van der Waals surface area contributed by atoms with E-state index in [1.165, 1.54) is 31.0 Å². The number of sulfonamides is 1. The zero-order valence-electron chi connectivity index (χ0n) is 11.7. The van der Waals surface area contributed by atoms with Crippen LogP contribution in [0.1, 0.15) is 32.6 Å². The third-order valence-electron chi connectivity index (χ3n) is 3.92. The number of benzene rings is 1. The molecule has 20 heavy (non-hydrogen) atoms. The first-order valence-corrected chi connectivity index (χ1v) is 8.45. The molecule has 0 spiro atoms. The summed E-state index contributed by atoms with van der Waals surface area (Å²) in [5.74, 6) is 0.968. The van der Waals surface area contributed by atoms with Crippen LogP contribution in [0.4, 0.5) is 5.69 Å². The molecule has 2 unspecified atom stereocenters. The largest absolute Gasteiger partial charge is 0.506 e. The molecule has 1 fully saturated rings. The molecular weight excluding hydrogens is 276 g/mol. The average molecular weight is 298 g/mol. The number of anilines is 1. The highest BCUT2D eigenvalue weighted by Crippen LogP contribution is 2.28. The molecule has 0 aromatic heterocycles. The maximum atomic E-state index is 12.2. The van der Waals surface area contributed by atoms with E-state index in [1.807, 2.05) is 0 Å². The number of phenols is 1. The summed E-state index contributed by atoms with van der Waals surface area (Å²) in [7, 11) is -3.56. The molecule has 6 heteroatoms. The average Bonchev–Trinajstić information content (AvgIpc) is 2.40. The van der Waals surface area contributed by atoms with Crippen LogP contribution in [0.2, 0.25) is 0 Å². The van der Waals surface area contributed by atoms with E-state index in [0.717, 1.165) is 12.8 Å². The first kappa shape index (κ1) is 15.1. The van der Waals surface area contributed by atoms with Crippen molar-refractivity contribution >= 4 is 15.7 Å². The summed E-state index contributed by atoms with van der Waals surface area (Å²) >= 11 is 0. The Labute approximate surface area is 120 Å². The Bertz CT molecular complexity index is 572. The molecule has 0 bridgehead atoms. The molecule has 1 aliphatic rings. The van der Waals surface area contributed by atoms with Gasteiger partial charge in [0.1, 0.15) is 5.75 Å². The van der Waals surface area contributed by atoms with Gasteiger partial charge in [-0.05, 0) is 42.9 Å². The Balaban J connectivity index is 2.01. The van der Waals surface area contributed by atoms with Crippen molar-refractivity contribution in [2.45, 2.75) is 37.5 Å². The quantitative estimate of drug-likeness (QED) is 0.586. The molecular formula is C14H22N2O3S. The van der Waals surface area contributed by atoms with E-state index in [-0.39, 0.29) is 16.3 Å². The fraction of sp³-hybridized carbons (Fsp3) is 0.571. The van der Waals surface area contributed by atoms with Gasteiger partial charge in [0.15, 0.2) is 0 Å². The summed E-state index contributed by atoms with van der Waals surface area (Å²) in [6, 6.07) is 3.94. The van der Waals surface area contributed by atoms with Gasteiger partial charge in [-0.1, -0.05) is 19.8 Å². The molecule has 2 rings (SSSR count). The van der Waals surface area contributed by atoms with Gasteiger partial charge in [0.2, 0.25) is 10.0 Å². The third-order valence-corrected chi connectivity index (χ3v) is 5.34. The monoisotopic (exact) mass is 298 g/mol. The van der Waals surface area contributed by atoms with Crippen molar-refractivity contribution < 1.29 is 13.5 Å². The van der Waals surface area contributed by atoms with E-state index in [9.17, 15) is 13.5 Å². The predicted octanol–water partition coefficient (Wildman–Crippen LogP) is 2.08. The van der Waals surface area contributed by atoms with Gasteiger partial charge >= 0.3 is 0 Å². The SMILES string of the molecule is CC1CCCC(CNS(=O)(=O)c2ccc(O)c(N)c2)C1. The van der Waals surface area contributed by atoms with Gasteiger partial charge in [-0.2, -0.15) is 0 Å². The lowest BCUT2D eigenvalue weighted by Gasteiger charge is -2.26. The van der Waals surface area contributed by atoms with Crippen LogP contribution in [-0.2, 0) is 10.0 Å². The zero-order valence-corrected chi connectivity index (χ0v) is 12.5. The van der Waals surface area contributed by atoms with Gasteiger partial charge in [0.25, 0.3) is 0 Å². The topological polar surface area (TPSA) is 92.4 Å². The Morgan fingerprint density at radius 1 is 1.40 bits per heavy atom. The Hall–Kier alpha value is -1.27. The molecule has 0 radical (unpaired) electrons. The minimum Gasteiger partial charge on any atom is -0.506 e. The van der Waals surface area contributed by atoms with Crippen molar-refractivity contribution in [1.29, 1.82) is 0 Å². The van der Waals surface area contributed by atoms with E-state index >= 15 is 0 Å². The molecule has 1 aliphatic carbocycles. The highest BCUT2D eigenvalue weighted by molar-refractivity contribution is 7.89. The molecule has 0 amide bonds. The van der Waals surface area contributed by atoms with Gasteiger partial charge < -0.3 is 10.8 Å². The first-order chi connectivity index (χ1) is 9.38. The maximum Gasteiger partial charge on any atom is 0.240 e. The van der Waals surface area contributed by atoms with Crippen molar-refractivity contribution in [3.05, 3.63) is 18.2 Å². The standard InChI is InChI=1S/C14H22N2O3S/c1-10-3-2-4-11(7-10)9-16-20(18,19)12-5-6-14(17)13(15)8-12/h5-6,8,10-11,16-17H,2-4,7,9,15H2,1H3. The summed E-state index contributed by atoms with van der Waals surface area (Å²) < 4.78 is 27.0. The minimum atomic E-state index is -3.56. The predicted molar refractivity (Wildman–Crippen MR) is 78.8 cm³/mol. The van der Waals surface area contributed by atoms with Gasteiger partial charge in [-0.15, -0.1) is 0 Å². The Morgan fingerprint density at radius 3 is 2.80 bits per heavy atom. The Kier molecular flexibility index (Phi) is 4.55. The number of nitrogens with one attached hydrogen (secondary N) is 1. The van der Waals surface area contributed by atoms with E-state index in [2.05, 4.69) is 11.6 Å². The fourth-order valence-corrected chi connectivity index (χ4v) is 3.91. The molecule has 0 saturated heterocycles. The third kappa shape index (κ3) is 3.64. The smallest absolute Gasteiger partial charge is 0.240 e. The molecule has 2 atom stereocenters. The summed E-state index contributed by atoms with van der Waals surface area (Å²) in [5.41, 5.74) is 5.60. The number of hydrogen-bond donors (Lipinski definition) is 3. The number of aromatic hydroxyl groups is 1. The number of hydrogen-bond acceptors (Lipinski definition) is 4. The van der Waals surface area contributed by atoms with Crippen molar-refractivity contribution in [1.82, 2.24) is 4.72 Å². The van der Waals surface area contributed by atoms with E-state index in [0.29, 0.717) is 18.4 Å². The van der Waals surface area contributed by atoms with Crippen molar-refractivity contribution in [2.75, 3.05) is 12.3 Å². The van der Waals surface area contributed by atoms with Gasteiger partial charge in [-0.3, -0.25) is 0 Å². The molecule has 1 saturated carbocycles. The van der Waals surface area contributed by atoms with Crippen molar-refractivity contribution in [2.24, 2.45) is 11.8 Å². The van der Waals surface area contributed by atoms with E-state index in [4.69, 9.17) is 5.73 Å². The number of phenolic OH excluding ortho intramolecular Hbond substituents is 1. The van der Waals surface area contributed by atoms with Crippen LogP contribution in [0, 0.1) is 11.8 Å². The van der Waals surface area contributed by atoms with Crippen LogP contribution in [0.25, 0.3) is 0 Å². The van der Waals surface area contributed by atoms with Crippen LogP contribution in [0.15, 0.2) is 23.1 Å². The van der Waals surface area contributed by atoms with Crippen molar-refractivity contribution in [3.8, 4) is 5.75 Å². The molecule has 5 nitrogen and oxygen atoms in total. The lowest BCUT2D eigenvalue weighted by Crippen LogP contribution is -2.31. The van der Waals surface area contributed by atoms with Crippen LogP contribution in [-0.4, -0.2) is 20.1 Å². The molecule has 4 N–H and O–H groups in total. The summed E-state index contributed by atoms with van der Waals surface area (Å²) in [4.78, 5) is 0.0941. The van der Waals surface area contributed by atoms with Crippen LogP contribution >= 0.6 is 0 Å². The fourth-order valence-electron chi connectivity index (χ4n) is 2.76. The lowest BCUT2D eigenvalue weighted by molar-refractivity contribution is 0.283. The number of rotatable bonds is 4. The molecule has 0 heterocycles. The number of nitrogens with two attached hydrogens (primary N) is 1. The Morgan fingerprint density at radius 2 is 2.15 bits per heavy atom. The highest BCUT2D eigenvalue weighted by Gasteiger charge is 2.22. The minimum absolute atomic E-state index is 0.0687. The lowest BCUT2D eigenvalue weighted by atomic mass is 9.83. The summed E-state index contributed by atoms with van der Waals surface area (Å²) in [6.45, 7) is 2.68. The summed E-state index contributed by atoms with van der Waals surface area (Å²) in [5, 5.41) is 9.33. The molecule has 1 aromatic carbocycles. The summed E-state index contributed by atoms with van der Waals surface area (Å²) in [6.07, 6.45) is 4.54. The second-order valence-corrected chi connectivity index (χ2v) is 7.48. The maximum absolute atomic E-state index is 12.2. The van der Waals surface area contributed by atoms with Gasteiger partial charge in [0.05, 0.1) is 10.6 Å². The van der Waals surface area contributed by atoms with E-state index in [1.54, 1.807) is 0 Å². The highest BCUT2D eigenvalue weighted by atomic mass is 32.2. The van der Waals surface area contributed by atoms with Gasteiger partial charge in [0, 0.05) is 6.54 Å². The van der Waals surface area contributed by atoms with Crippen LogP contribution in [0.5, 0.6) is 5.75 Å². The number of nitrogen functional groups attached to an aromatic ring is 1. The van der Waals surface area contributed by atoms with Crippen LogP contribution in [0.3, 0.4) is 0 Å². The van der Waals surface area contributed by atoms with Crippen molar-refractivity contribution in [3.63, 3.8) is 0 Å². The molecule has 112 valence electrons. The first-order valence-electron chi connectivity index (χ1n) is 6.96. The second-order valence-electron chi connectivity index (χ2n) is 5.71. The molecule has 1 aromatic rings.